The van der Waals surface area contributed by atoms with Gasteiger partial charge < -0.3 is 19.6 Å². The molecule has 0 unspecified atom stereocenters. The van der Waals surface area contributed by atoms with E-state index >= 15 is 0 Å². The highest BCUT2D eigenvalue weighted by atomic mass is 19.1. The molecule has 0 aromatic heterocycles. The first-order valence-electron chi connectivity index (χ1n) is 7.42. The molecule has 0 aliphatic carbocycles. The number of hydrogen-bond acceptors (Lipinski definition) is 5. The molecule has 0 radical (unpaired) electrons. The van der Waals surface area contributed by atoms with Gasteiger partial charge in [0.25, 0.3) is 0 Å². The van der Waals surface area contributed by atoms with Crippen LogP contribution < -0.4 is 4.90 Å². The molecule has 1 aromatic rings. The summed E-state index contributed by atoms with van der Waals surface area (Å²) >= 11 is 0. The first-order chi connectivity index (χ1) is 10.7. The Bertz CT molecular complexity index is 605. The number of phenolic OH excluding ortho intramolecular Hbond substituents is 1. The third-order valence-corrected chi connectivity index (χ3v) is 3.50. The number of aromatic hydroxyl groups is 1. The number of aldehydes is 1. The largest absolute Gasteiger partial charge is 0.507 e. The molecule has 1 N–H and O–H groups in total. The van der Waals surface area contributed by atoms with Crippen molar-refractivity contribution in [2.24, 2.45) is 0 Å². The third kappa shape index (κ3) is 4.12. The zero-order chi connectivity index (χ0) is 17.2. The van der Waals surface area contributed by atoms with Crippen molar-refractivity contribution >= 4 is 18.1 Å². The number of rotatable bonds is 2. The predicted molar refractivity (Wildman–Crippen MR) is 83.5 cm³/mol. The van der Waals surface area contributed by atoms with E-state index in [1.54, 1.807) is 30.6 Å². The van der Waals surface area contributed by atoms with Gasteiger partial charge in [0, 0.05) is 32.2 Å². The van der Waals surface area contributed by atoms with Crippen molar-refractivity contribution in [3.8, 4) is 5.75 Å². The molecule has 2 rings (SSSR count). The Labute approximate surface area is 134 Å². The Balaban J connectivity index is 2.03. The van der Waals surface area contributed by atoms with E-state index in [9.17, 15) is 19.1 Å². The van der Waals surface area contributed by atoms with Gasteiger partial charge in [-0.05, 0) is 26.8 Å². The molecule has 1 aromatic carbocycles. The maximum atomic E-state index is 14.1. The molecule has 6 nitrogen and oxygen atoms in total. The van der Waals surface area contributed by atoms with Crippen LogP contribution in [0.2, 0.25) is 0 Å². The van der Waals surface area contributed by atoms with E-state index < -0.39 is 17.5 Å². The fourth-order valence-electron chi connectivity index (χ4n) is 2.36. The molecule has 126 valence electrons. The number of nitrogens with zero attached hydrogens (tertiary/aromatic N) is 2. The van der Waals surface area contributed by atoms with Crippen LogP contribution in [0.1, 0.15) is 31.1 Å². The maximum Gasteiger partial charge on any atom is 0.410 e. The summed E-state index contributed by atoms with van der Waals surface area (Å²) in [4.78, 5) is 26.0. The fourth-order valence-corrected chi connectivity index (χ4v) is 2.36. The van der Waals surface area contributed by atoms with Gasteiger partial charge in [0.15, 0.2) is 6.29 Å². The minimum Gasteiger partial charge on any atom is -0.507 e. The summed E-state index contributed by atoms with van der Waals surface area (Å²) in [5.41, 5.74) is -0.424. The third-order valence-electron chi connectivity index (χ3n) is 3.50. The molecule has 0 saturated carbocycles. The summed E-state index contributed by atoms with van der Waals surface area (Å²) in [5, 5.41) is 9.71. The van der Waals surface area contributed by atoms with Crippen LogP contribution in [0.4, 0.5) is 14.9 Å². The maximum absolute atomic E-state index is 14.1. The van der Waals surface area contributed by atoms with Crippen LogP contribution in [-0.4, -0.2) is 54.2 Å². The number of anilines is 1. The standard InChI is InChI=1S/C16H21FN2O4/c1-16(2,3)23-15(22)19-6-4-18(5-7-19)13-9-14(21)11(10-20)8-12(13)17/h8-10,21H,4-7H2,1-3H3. The average Bonchev–Trinajstić information content (AvgIpc) is 2.47. The van der Waals surface area contributed by atoms with Gasteiger partial charge >= 0.3 is 6.09 Å². The normalized spacial score (nSPS) is 15.5. The van der Waals surface area contributed by atoms with E-state index in [-0.39, 0.29) is 17.0 Å². The number of ether oxygens (including phenoxy) is 1. The van der Waals surface area contributed by atoms with Gasteiger partial charge in [0.2, 0.25) is 0 Å². The highest BCUT2D eigenvalue weighted by molar-refractivity contribution is 5.80. The zero-order valence-electron chi connectivity index (χ0n) is 13.5. The molecule has 1 heterocycles. The minimum atomic E-state index is -0.574. The van der Waals surface area contributed by atoms with Crippen LogP contribution in [0.3, 0.4) is 0 Å². The van der Waals surface area contributed by atoms with Crippen LogP contribution >= 0.6 is 0 Å². The Hall–Kier alpha value is -2.31. The van der Waals surface area contributed by atoms with Gasteiger partial charge in [-0.25, -0.2) is 9.18 Å². The number of carbonyl (C=O) groups excluding carboxylic acids is 2. The number of benzene rings is 1. The summed E-state index contributed by atoms with van der Waals surface area (Å²) in [6, 6.07) is 2.25. The number of halogens is 1. The summed E-state index contributed by atoms with van der Waals surface area (Å²) < 4.78 is 19.4. The second-order valence-corrected chi connectivity index (χ2v) is 6.43. The number of phenols is 1. The Kier molecular flexibility index (Phi) is 4.77. The van der Waals surface area contributed by atoms with Gasteiger partial charge in [-0.2, -0.15) is 0 Å². The lowest BCUT2D eigenvalue weighted by atomic mass is 10.1. The number of hydrogen-bond donors (Lipinski definition) is 1. The van der Waals surface area contributed by atoms with Crippen molar-refractivity contribution in [2.75, 3.05) is 31.1 Å². The summed E-state index contributed by atoms with van der Waals surface area (Å²) in [6.45, 7) is 7.01. The van der Waals surface area contributed by atoms with Crippen molar-refractivity contribution < 1.29 is 23.8 Å². The first-order valence-corrected chi connectivity index (χ1v) is 7.42. The van der Waals surface area contributed by atoms with Crippen molar-refractivity contribution in [2.45, 2.75) is 26.4 Å². The smallest absolute Gasteiger partial charge is 0.410 e. The van der Waals surface area contributed by atoms with E-state index in [0.717, 1.165) is 6.07 Å². The molecule has 1 saturated heterocycles. The molecule has 0 spiro atoms. The molecular formula is C16H21FN2O4. The second kappa shape index (κ2) is 6.44. The molecule has 1 aliphatic rings. The van der Waals surface area contributed by atoms with Crippen molar-refractivity contribution in [3.05, 3.63) is 23.5 Å². The summed E-state index contributed by atoms with van der Waals surface area (Å²) in [5.74, 6) is -0.832. The van der Waals surface area contributed by atoms with E-state index in [1.165, 1.54) is 6.07 Å². The first kappa shape index (κ1) is 17.1. The molecule has 1 aliphatic heterocycles. The van der Waals surface area contributed by atoms with Crippen LogP contribution in [0.25, 0.3) is 0 Å². The second-order valence-electron chi connectivity index (χ2n) is 6.43. The lowest BCUT2D eigenvalue weighted by Crippen LogP contribution is -2.50. The average molecular weight is 324 g/mol. The molecule has 7 heteroatoms. The molecular weight excluding hydrogens is 303 g/mol. The van der Waals surface area contributed by atoms with Gasteiger partial charge in [0.05, 0.1) is 11.3 Å². The SMILES string of the molecule is CC(C)(C)OC(=O)N1CCN(c2cc(O)c(C=O)cc2F)CC1. The Morgan fingerprint density at radius 1 is 1.26 bits per heavy atom. The highest BCUT2D eigenvalue weighted by Crippen LogP contribution is 2.28. The predicted octanol–water partition coefficient (Wildman–Crippen LogP) is 2.40. The van der Waals surface area contributed by atoms with Gasteiger partial charge in [0.1, 0.15) is 17.2 Å². The highest BCUT2D eigenvalue weighted by Gasteiger charge is 2.27. The Morgan fingerprint density at radius 2 is 1.87 bits per heavy atom. The van der Waals surface area contributed by atoms with Crippen LogP contribution in [0.5, 0.6) is 5.75 Å². The molecule has 0 bridgehead atoms. The Morgan fingerprint density at radius 3 is 2.39 bits per heavy atom. The molecule has 23 heavy (non-hydrogen) atoms. The van der Waals surface area contributed by atoms with Crippen LogP contribution in [0, 0.1) is 5.82 Å². The monoisotopic (exact) mass is 324 g/mol. The number of piperazine rings is 1. The molecule has 1 amide bonds. The van der Waals surface area contributed by atoms with E-state index in [2.05, 4.69) is 0 Å². The van der Waals surface area contributed by atoms with Crippen molar-refractivity contribution in [1.82, 2.24) is 4.90 Å². The van der Waals surface area contributed by atoms with Crippen molar-refractivity contribution in [1.29, 1.82) is 0 Å². The zero-order valence-corrected chi connectivity index (χ0v) is 13.5. The van der Waals surface area contributed by atoms with E-state index in [0.29, 0.717) is 32.5 Å². The minimum absolute atomic E-state index is 0.0846. The van der Waals surface area contributed by atoms with Gasteiger partial charge in [-0.3, -0.25) is 4.79 Å². The van der Waals surface area contributed by atoms with Crippen molar-refractivity contribution in [3.63, 3.8) is 0 Å². The van der Waals surface area contributed by atoms with Crippen LogP contribution in [-0.2, 0) is 4.74 Å². The summed E-state index contributed by atoms with van der Waals surface area (Å²) in [6.07, 6.45) is 0.0135. The quantitative estimate of drug-likeness (QED) is 0.846. The van der Waals surface area contributed by atoms with E-state index in [4.69, 9.17) is 4.74 Å². The molecule has 1 fully saturated rings. The fraction of sp³-hybridized carbons (Fsp3) is 0.500. The van der Waals surface area contributed by atoms with Gasteiger partial charge in [-0.15, -0.1) is 0 Å². The lowest BCUT2D eigenvalue weighted by Gasteiger charge is -2.36. The number of carbonyl (C=O) groups is 2. The molecule has 0 atom stereocenters. The lowest BCUT2D eigenvalue weighted by molar-refractivity contribution is 0.0240. The van der Waals surface area contributed by atoms with Gasteiger partial charge in [-0.1, -0.05) is 0 Å². The van der Waals surface area contributed by atoms with Crippen LogP contribution in [0.15, 0.2) is 12.1 Å². The summed E-state index contributed by atoms with van der Waals surface area (Å²) in [7, 11) is 0. The number of amides is 1. The topological polar surface area (TPSA) is 70.1 Å². The van der Waals surface area contributed by atoms with E-state index in [1.807, 2.05) is 0 Å².